The van der Waals surface area contributed by atoms with Gasteiger partial charge in [-0.25, -0.2) is 0 Å². The van der Waals surface area contributed by atoms with Gasteiger partial charge in [0.2, 0.25) is 0 Å². The van der Waals surface area contributed by atoms with E-state index >= 15 is 0 Å². The fourth-order valence-corrected chi connectivity index (χ4v) is 2.62. The summed E-state index contributed by atoms with van der Waals surface area (Å²) < 4.78 is 11.9. The summed E-state index contributed by atoms with van der Waals surface area (Å²) in [4.78, 5) is 4.34. The van der Waals surface area contributed by atoms with Crippen molar-refractivity contribution in [3.8, 4) is 17.2 Å². The second-order valence-electron chi connectivity index (χ2n) is 5.62. The predicted octanol–water partition coefficient (Wildman–Crippen LogP) is 3.22. The highest BCUT2D eigenvalue weighted by molar-refractivity contribution is 7.80. The van der Waals surface area contributed by atoms with E-state index in [4.69, 9.17) is 27.4 Å². The van der Waals surface area contributed by atoms with Crippen molar-refractivity contribution >= 4 is 17.2 Å². The van der Waals surface area contributed by atoms with Gasteiger partial charge in [-0.05, 0) is 26.0 Å². The number of rotatable bonds is 3. The van der Waals surface area contributed by atoms with Crippen LogP contribution in [0.3, 0.4) is 0 Å². The topological polar surface area (TPSA) is 57.4 Å². The van der Waals surface area contributed by atoms with Gasteiger partial charge in [0.1, 0.15) is 10.6 Å². The fourth-order valence-electron chi connectivity index (χ4n) is 2.45. The third-order valence-corrected chi connectivity index (χ3v) is 3.54. The van der Waals surface area contributed by atoms with Crippen molar-refractivity contribution in [2.45, 2.75) is 25.9 Å². The molecule has 0 bridgehead atoms. The van der Waals surface area contributed by atoms with Gasteiger partial charge >= 0.3 is 0 Å². The predicted molar refractivity (Wildman–Crippen MR) is 85.1 cm³/mol. The highest BCUT2D eigenvalue weighted by atomic mass is 32.1. The molecule has 0 fully saturated rings. The molecule has 0 saturated heterocycles. The lowest BCUT2D eigenvalue weighted by Crippen LogP contribution is -2.24. The zero-order valence-electron chi connectivity index (χ0n) is 11.9. The lowest BCUT2D eigenvalue weighted by Gasteiger charge is -2.18. The first-order valence-electron chi connectivity index (χ1n) is 6.69. The Bertz CT molecular complexity index is 713. The van der Waals surface area contributed by atoms with E-state index in [1.165, 1.54) is 0 Å². The third-order valence-electron chi connectivity index (χ3n) is 3.32. The smallest absolute Gasteiger partial charge is 0.169 e. The molecule has 108 valence electrons. The Kier molecular flexibility index (Phi) is 3.29. The largest absolute Gasteiger partial charge is 0.483 e. The maximum absolute atomic E-state index is 5.99. The van der Waals surface area contributed by atoms with Gasteiger partial charge in [-0.2, -0.15) is 0 Å². The van der Waals surface area contributed by atoms with Crippen LogP contribution in [-0.2, 0) is 6.42 Å². The molecule has 21 heavy (non-hydrogen) atoms. The number of para-hydroxylation sites is 1. The van der Waals surface area contributed by atoms with Crippen LogP contribution in [0, 0.1) is 0 Å². The van der Waals surface area contributed by atoms with Crippen molar-refractivity contribution in [3.63, 3.8) is 0 Å². The first-order valence-corrected chi connectivity index (χ1v) is 7.10. The first-order chi connectivity index (χ1) is 9.96. The minimum Gasteiger partial charge on any atom is -0.483 e. The van der Waals surface area contributed by atoms with Gasteiger partial charge in [0.05, 0.1) is 11.8 Å². The van der Waals surface area contributed by atoms with Crippen LogP contribution >= 0.6 is 12.2 Å². The summed E-state index contributed by atoms with van der Waals surface area (Å²) in [5.41, 5.74) is 7.30. The Morgan fingerprint density at radius 2 is 2.14 bits per heavy atom. The first kappa shape index (κ1) is 13.8. The van der Waals surface area contributed by atoms with Crippen LogP contribution in [0.15, 0.2) is 36.7 Å². The number of benzene rings is 1. The van der Waals surface area contributed by atoms with Crippen molar-refractivity contribution in [2.75, 3.05) is 0 Å². The van der Waals surface area contributed by atoms with Crippen molar-refractivity contribution in [3.05, 3.63) is 47.8 Å². The quantitative estimate of drug-likeness (QED) is 0.882. The van der Waals surface area contributed by atoms with Gasteiger partial charge in [-0.3, -0.25) is 4.98 Å². The van der Waals surface area contributed by atoms with Gasteiger partial charge in [-0.1, -0.05) is 24.4 Å². The normalized spacial score (nSPS) is 15.1. The van der Waals surface area contributed by atoms with Gasteiger partial charge in [0.25, 0.3) is 0 Å². The summed E-state index contributed by atoms with van der Waals surface area (Å²) in [5, 5.41) is 0. The highest BCUT2D eigenvalue weighted by Gasteiger charge is 2.32. The second-order valence-corrected chi connectivity index (χ2v) is 6.06. The van der Waals surface area contributed by atoms with Gasteiger partial charge in [-0.15, -0.1) is 0 Å². The van der Waals surface area contributed by atoms with Crippen LogP contribution < -0.4 is 15.2 Å². The van der Waals surface area contributed by atoms with E-state index in [9.17, 15) is 0 Å². The third kappa shape index (κ3) is 2.69. The van der Waals surface area contributed by atoms with Crippen LogP contribution in [0.2, 0.25) is 0 Å². The van der Waals surface area contributed by atoms with Crippen LogP contribution in [0.4, 0.5) is 0 Å². The molecule has 1 aliphatic heterocycles. The monoisotopic (exact) mass is 300 g/mol. The summed E-state index contributed by atoms with van der Waals surface area (Å²) in [5.74, 6) is 1.97. The van der Waals surface area contributed by atoms with E-state index in [0.717, 1.165) is 17.7 Å². The molecule has 0 atom stereocenters. The Morgan fingerprint density at radius 1 is 1.33 bits per heavy atom. The molecule has 1 aromatic carbocycles. The maximum Gasteiger partial charge on any atom is 0.169 e. The lowest BCUT2D eigenvalue weighted by atomic mass is 10.0. The number of aromatic nitrogens is 1. The van der Waals surface area contributed by atoms with E-state index in [1.54, 1.807) is 18.5 Å². The van der Waals surface area contributed by atoms with E-state index < -0.39 is 0 Å². The molecule has 0 unspecified atom stereocenters. The van der Waals surface area contributed by atoms with Gasteiger partial charge in [0.15, 0.2) is 17.2 Å². The number of pyridine rings is 1. The molecule has 2 aromatic rings. The molecule has 3 rings (SSSR count). The summed E-state index contributed by atoms with van der Waals surface area (Å²) in [6.45, 7) is 4.11. The Hall–Kier alpha value is -2.14. The average molecular weight is 300 g/mol. The van der Waals surface area contributed by atoms with E-state index in [0.29, 0.717) is 17.1 Å². The maximum atomic E-state index is 5.99. The summed E-state index contributed by atoms with van der Waals surface area (Å²) in [6, 6.07) is 7.62. The van der Waals surface area contributed by atoms with Crippen molar-refractivity contribution in [1.29, 1.82) is 0 Å². The molecule has 4 nitrogen and oxygen atoms in total. The average Bonchev–Trinajstić information content (AvgIpc) is 2.74. The van der Waals surface area contributed by atoms with Gasteiger partial charge < -0.3 is 15.2 Å². The number of nitrogens with two attached hydrogens (primary N) is 1. The van der Waals surface area contributed by atoms with Crippen LogP contribution in [-0.4, -0.2) is 15.6 Å². The number of fused-ring (bicyclic) bond motifs is 1. The lowest BCUT2D eigenvalue weighted by molar-refractivity contribution is 0.135. The molecule has 2 heterocycles. The van der Waals surface area contributed by atoms with Crippen molar-refractivity contribution in [2.24, 2.45) is 5.73 Å². The summed E-state index contributed by atoms with van der Waals surface area (Å²) in [6.07, 6.45) is 4.10. The zero-order chi connectivity index (χ0) is 15.0. The zero-order valence-corrected chi connectivity index (χ0v) is 12.7. The fraction of sp³-hybridized carbons (Fsp3) is 0.250. The minimum atomic E-state index is -0.220. The standard InChI is InChI=1S/C16H16N2O2S/c1-16(2)8-10-4-3-5-12(14(10)20-16)19-13-9-18-7-6-11(13)15(17)21/h3-7,9H,8H2,1-2H3,(H2,17,21). The number of thiocarbonyl (C=S) groups is 1. The van der Waals surface area contributed by atoms with E-state index in [2.05, 4.69) is 24.9 Å². The SMILES string of the molecule is CC1(C)Cc2cccc(Oc3cnccc3C(N)=S)c2O1. The Balaban J connectivity index is 1.98. The van der Waals surface area contributed by atoms with Crippen molar-refractivity contribution < 1.29 is 9.47 Å². The van der Waals surface area contributed by atoms with Crippen LogP contribution in [0.1, 0.15) is 25.0 Å². The molecule has 0 amide bonds. The minimum absolute atomic E-state index is 0.220. The molecule has 5 heteroatoms. The van der Waals surface area contributed by atoms with Crippen molar-refractivity contribution in [1.82, 2.24) is 4.98 Å². The highest BCUT2D eigenvalue weighted by Crippen LogP contribution is 2.43. The molecule has 0 saturated carbocycles. The molecule has 1 aromatic heterocycles. The number of hydrogen-bond acceptors (Lipinski definition) is 4. The number of nitrogens with zero attached hydrogens (tertiary/aromatic N) is 1. The second kappa shape index (κ2) is 5.00. The van der Waals surface area contributed by atoms with Crippen LogP contribution in [0.25, 0.3) is 0 Å². The molecule has 0 radical (unpaired) electrons. The molecule has 0 spiro atoms. The van der Waals surface area contributed by atoms with Gasteiger partial charge in [0, 0.05) is 18.2 Å². The molecule has 0 aliphatic carbocycles. The van der Waals surface area contributed by atoms with E-state index in [-0.39, 0.29) is 10.6 Å². The number of ether oxygens (including phenoxy) is 2. The summed E-state index contributed by atoms with van der Waals surface area (Å²) in [7, 11) is 0. The molecule has 1 aliphatic rings. The molecular weight excluding hydrogens is 284 g/mol. The Morgan fingerprint density at radius 3 is 2.90 bits per heavy atom. The number of hydrogen-bond donors (Lipinski definition) is 1. The Labute approximate surface area is 128 Å². The van der Waals surface area contributed by atoms with Crippen LogP contribution in [0.5, 0.6) is 17.2 Å². The molecular formula is C16H16N2O2S. The molecule has 2 N–H and O–H groups in total. The summed E-state index contributed by atoms with van der Waals surface area (Å²) >= 11 is 5.04. The van der Waals surface area contributed by atoms with E-state index in [1.807, 2.05) is 12.1 Å².